The molecule has 0 aliphatic heterocycles. The fourth-order valence-corrected chi connectivity index (χ4v) is 0.662. The number of hydrogen-bond donors (Lipinski definition) is 1. The second kappa shape index (κ2) is 7.54. The third kappa shape index (κ3) is 7.33. The van der Waals surface area contributed by atoms with E-state index >= 15 is 0 Å². The maximum absolute atomic E-state index is 10.9. The standard InChI is InChI=1S/C8H17NO2/c1-3-6-9-8(10)5-7-11-4-2/h3-7H2,1-2H3,(H,9,10). The highest BCUT2D eigenvalue weighted by atomic mass is 16.5. The molecule has 1 N–H and O–H groups in total. The highest BCUT2D eigenvalue weighted by Gasteiger charge is 1.97. The molecular weight excluding hydrogens is 142 g/mol. The third-order valence-corrected chi connectivity index (χ3v) is 1.25. The summed E-state index contributed by atoms with van der Waals surface area (Å²) in [5.41, 5.74) is 0. The largest absolute Gasteiger partial charge is 0.381 e. The van der Waals surface area contributed by atoms with E-state index in [0.717, 1.165) is 13.0 Å². The zero-order valence-electron chi connectivity index (χ0n) is 7.35. The zero-order valence-corrected chi connectivity index (χ0v) is 7.35. The lowest BCUT2D eigenvalue weighted by atomic mass is 10.4. The fourth-order valence-electron chi connectivity index (χ4n) is 0.662. The van der Waals surface area contributed by atoms with Crippen molar-refractivity contribution in [3.8, 4) is 0 Å². The molecule has 0 aromatic rings. The van der Waals surface area contributed by atoms with Gasteiger partial charge in [-0.3, -0.25) is 4.79 Å². The minimum absolute atomic E-state index is 0.0836. The topological polar surface area (TPSA) is 38.3 Å². The summed E-state index contributed by atoms with van der Waals surface area (Å²) >= 11 is 0. The van der Waals surface area contributed by atoms with Gasteiger partial charge in [0.1, 0.15) is 0 Å². The smallest absolute Gasteiger partial charge is 0.222 e. The van der Waals surface area contributed by atoms with Crippen LogP contribution in [0.25, 0.3) is 0 Å². The molecule has 11 heavy (non-hydrogen) atoms. The molecule has 0 saturated carbocycles. The summed E-state index contributed by atoms with van der Waals surface area (Å²) in [5.74, 6) is 0.0836. The molecule has 3 nitrogen and oxygen atoms in total. The van der Waals surface area contributed by atoms with Crippen molar-refractivity contribution < 1.29 is 9.53 Å². The van der Waals surface area contributed by atoms with Gasteiger partial charge in [0.2, 0.25) is 5.91 Å². The van der Waals surface area contributed by atoms with Crippen molar-refractivity contribution in [2.45, 2.75) is 26.7 Å². The minimum Gasteiger partial charge on any atom is -0.381 e. The van der Waals surface area contributed by atoms with Crippen molar-refractivity contribution >= 4 is 5.91 Å². The van der Waals surface area contributed by atoms with E-state index < -0.39 is 0 Å². The number of amides is 1. The van der Waals surface area contributed by atoms with Gasteiger partial charge in [-0.25, -0.2) is 0 Å². The summed E-state index contributed by atoms with van der Waals surface area (Å²) in [7, 11) is 0. The van der Waals surface area contributed by atoms with Crippen LogP contribution in [0, 0.1) is 0 Å². The number of ether oxygens (including phenoxy) is 1. The molecule has 0 heterocycles. The van der Waals surface area contributed by atoms with Gasteiger partial charge < -0.3 is 10.1 Å². The molecule has 3 heteroatoms. The molecule has 0 aromatic carbocycles. The summed E-state index contributed by atoms with van der Waals surface area (Å²) in [5, 5.41) is 2.77. The van der Waals surface area contributed by atoms with Crippen LogP contribution in [-0.2, 0) is 9.53 Å². The van der Waals surface area contributed by atoms with Gasteiger partial charge in [0, 0.05) is 19.6 Å². The van der Waals surface area contributed by atoms with Crippen molar-refractivity contribution in [1.82, 2.24) is 5.32 Å². The Morgan fingerprint density at radius 3 is 2.73 bits per heavy atom. The molecule has 0 saturated heterocycles. The molecule has 0 aromatic heterocycles. The van der Waals surface area contributed by atoms with Gasteiger partial charge in [-0.15, -0.1) is 0 Å². The zero-order chi connectivity index (χ0) is 8.53. The Bertz CT molecular complexity index is 104. The van der Waals surface area contributed by atoms with Crippen molar-refractivity contribution in [3.63, 3.8) is 0 Å². The Kier molecular flexibility index (Phi) is 7.15. The molecule has 0 rings (SSSR count). The summed E-state index contributed by atoms with van der Waals surface area (Å²) in [6, 6.07) is 0. The first-order valence-electron chi connectivity index (χ1n) is 4.15. The van der Waals surface area contributed by atoms with Crippen molar-refractivity contribution in [1.29, 1.82) is 0 Å². The normalized spacial score (nSPS) is 9.64. The Hall–Kier alpha value is -0.570. The van der Waals surface area contributed by atoms with Crippen LogP contribution in [0.2, 0.25) is 0 Å². The first-order valence-corrected chi connectivity index (χ1v) is 4.15. The van der Waals surface area contributed by atoms with E-state index in [0.29, 0.717) is 19.6 Å². The molecule has 0 aliphatic rings. The molecule has 0 atom stereocenters. The van der Waals surface area contributed by atoms with Gasteiger partial charge in [-0.2, -0.15) is 0 Å². The summed E-state index contributed by atoms with van der Waals surface area (Å²) in [4.78, 5) is 10.9. The summed E-state index contributed by atoms with van der Waals surface area (Å²) in [6.07, 6.45) is 1.47. The fraction of sp³-hybridized carbons (Fsp3) is 0.875. The first-order chi connectivity index (χ1) is 5.31. The molecule has 0 fully saturated rings. The second-order valence-electron chi connectivity index (χ2n) is 2.30. The van der Waals surface area contributed by atoms with E-state index in [4.69, 9.17) is 4.74 Å². The van der Waals surface area contributed by atoms with Crippen LogP contribution in [0.15, 0.2) is 0 Å². The maximum atomic E-state index is 10.9. The van der Waals surface area contributed by atoms with Gasteiger partial charge in [0.25, 0.3) is 0 Å². The van der Waals surface area contributed by atoms with Crippen LogP contribution in [-0.4, -0.2) is 25.7 Å². The van der Waals surface area contributed by atoms with Gasteiger partial charge in [-0.1, -0.05) is 6.92 Å². The van der Waals surface area contributed by atoms with Crippen LogP contribution in [0.1, 0.15) is 26.7 Å². The van der Waals surface area contributed by atoms with Gasteiger partial charge in [0.15, 0.2) is 0 Å². The van der Waals surface area contributed by atoms with Crippen LogP contribution >= 0.6 is 0 Å². The second-order valence-corrected chi connectivity index (χ2v) is 2.30. The number of carbonyl (C=O) groups excluding carboxylic acids is 1. The number of rotatable bonds is 6. The van der Waals surface area contributed by atoms with Crippen LogP contribution in [0.4, 0.5) is 0 Å². The van der Waals surface area contributed by atoms with E-state index in [1.54, 1.807) is 0 Å². The summed E-state index contributed by atoms with van der Waals surface area (Å²) in [6.45, 7) is 5.94. The minimum atomic E-state index is 0.0836. The van der Waals surface area contributed by atoms with E-state index in [-0.39, 0.29) is 5.91 Å². The van der Waals surface area contributed by atoms with Crippen LogP contribution in [0.5, 0.6) is 0 Å². The van der Waals surface area contributed by atoms with Gasteiger partial charge in [0.05, 0.1) is 6.61 Å². The quantitative estimate of drug-likeness (QED) is 0.586. The molecule has 1 amide bonds. The van der Waals surface area contributed by atoms with Crippen molar-refractivity contribution in [2.75, 3.05) is 19.8 Å². The van der Waals surface area contributed by atoms with Crippen molar-refractivity contribution in [2.24, 2.45) is 0 Å². The highest BCUT2D eigenvalue weighted by Crippen LogP contribution is 1.82. The van der Waals surface area contributed by atoms with E-state index in [2.05, 4.69) is 5.32 Å². The lowest BCUT2D eigenvalue weighted by Crippen LogP contribution is -2.24. The molecular formula is C8H17NO2. The van der Waals surface area contributed by atoms with Gasteiger partial charge in [-0.05, 0) is 13.3 Å². The molecule has 0 spiro atoms. The monoisotopic (exact) mass is 159 g/mol. The first kappa shape index (κ1) is 10.4. The van der Waals surface area contributed by atoms with E-state index in [1.807, 2.05) is 13.8 Å². The number of nitrogens with one attached hydrogen (secondary N) is 1. The van der Waals surface area contributed by atoms with Crippen LogP contribution < -0.4 is 5.32 Å². The number of hydrogen-bond acceptors (Lipinski definition) is 2. The van der Waals surface area contributed by atoms with Gasteiger partial charge >= 0.3 is 0 Å². The molecule has 0 unspecified atom stereocenters. The lowest BCUT2D eigenvalue weighted by Gasteiger charge is -2.02. The van der Waals surface area contributed by atoms with Crippen molar-refractivity contribution in [3.05, 3.63) is 0 Å². The summed E-state index contributed by atoms with van der Waals surface area (Å²) < 4.78 is 5.02. The average molecular weight is 159 g/mol. The third-order valence-electron chi connectivity index (χ3n) is 1.25. The maximum Gasteiger partial charge on any atom is 0.222 e. The molecule has 0 bridgehead atoms. The predicted molar refractivity (Wildman–Crippen MR) is 44.4 cm³/mol. The Morgan fingerprint density at radius 1 is 1.45 bits per heavy atom. The Labute approximate surface area is 68.1 Å². The highest BCUT2D eigenvalue weighted by molar-refractivity contribution is 5.75. The molecule has 66 valence electrons. The Morgan fingerprint density at radius 2 is 2.18 bits per heavy atom. The Balaban J connectivity index is 3.09. The van der Waals surface area contributed by atoms with Crippen LogP contribution in [0.3, 0.4) is 0 Å². The van der Waals surface area contributed by atoms with E-state index in [9.17, 15) is 4.79 Å². The molecule has 0 aliphatic carbocycles. The van der Waals surface area contributed by atoms with E-state index in [1.165, 1.54) is 0 Å². The molecule has 0 radical (unpaired) electrons. The average Bonchev–Trinajstić information content (AvgIpc) is 2.01. The SMILES string of the molecule is CCCNC(=O)CCOCC. The lowest BCUT2D eigenvalue weighted by molar-refractivity contribution is -0.122. The number of carbonyl (C=O) groups is 1. The predicted octanol–water partition coefficient (Wildman–Crippen LogP) is 0.939.